The zero-order valence-corrected chi connectivity index (χ0v) is 17.9. The van der Waals surface area contributed by atoms with E-state index in [1.165, 1.54) is 20.2 Å². The second-order valence-corrected chi connectivity index (χ2v) is 9.59. The molecule has 0 aromatic heterocycles. The van der Waals surface area contributed by atoms with Gasteiger partial charge in [0, 0.05) is 27.2 Å². The number of nitrogens with two attached hydrogens (primary N) is 1. The van der Waals surface area contributed by atoms with Gasteiger partial charge in [0.2, 0.25) is 21.8 Å². The summed E-state index contributed by atoms with van der Waals surface area (Å²) in [5, 5.41) is 2.77. The van der Waals surface area contributed by atoms with E-state index < -0.39 is 22.0 Å². The second kappa shape index (κ2) is 8.95. The van der Waals surface area contributed by atoms with Gasteiger partial charge < -0.3 is 11.1 Å². The van der Waals surface area contributed by atoms with Crippen LogP contribution in [0.15, 0.2) is 53.4 Å². The van der Waals surface area contributed by atoms with Gasteiger partial charge in [0.05, 0.1) is 17.5 Å². The van der Waals surface area contributed by atoms with Gasteiger partial charge in [-0.2, -0.15) is 0 Å². The predicted octanol–water partition coefficient (Wildman–Crippen LogP) is 0.465. The molecule has 1 aliphatic heterocycles. The maximum absolute atomic E-state index is 12.6. The van der Waals surface area contributed by atoms with Crippen molar-refractivity contribution >= 4 is 21.8 Å². The molecule has 0 bridgehead atoms. The van der Waals surface area contributed by atoms with Crippen molar-refractivity contribution in [1.82, 2.24) is 14.5 Å². The highest BCUT2D eigenvalue weighted by Crippen LogP contribution is 2.23. The van der Waals surface area contributed by atoms with E-state index in [1.54, 1.807) is 23.1 Å². The molecule has 3 N–H and O–H groups in total. The van der Waals surface area contributed by atoms with Crippen LogP contribution in [-0.2, 0) is 39.1 Å². The first-order valence-corrected chi connectivity index (χ1v) is 11.0. The summed E-state index contributed by atoms with van der Waals surface area (Å²) in [5.41, 5.74) is 8.18. The van der Waals surface area contributed by atoms with Crippen LogP contribution in [0.4, 0.5) is 0 Å². The molecule has 3 rings (SSSR count). The van der Waals surface area contributed by atoms with Crippen LogP contribution < -0.4 is 11.1 Å². The minimum Gasteiger partial charge on any atom is -0.368 e. The predicted molar refractivity (Wildman–Crippen MR) is 113 cm³/mol. The average molecular weight is 431 g/mol. The minimum atomic E-state index is -3.63. The third-order valence-electron chi connectivity index (χ3n) is 5.23. The fourth-order valence-corrected chi connectivity index (χ4v) is 4.67. The van der Waals surface area contributed by atoms with Gasteiger partial charge >= 0.3 is 0 Å². The van der Waals surface area contributed by atoms with Crippen LogP contribution in [0, 0.1) is 0 Å². The number of fused-ring (bicyclic) bond motifs is 1. The van der Waals surface area contributed by atoms with Crippen LogP contribution in [0.3, 0.4) is 0 Å². The first-order valence-electron chi connectivity index (χ1n) is 9.57. The number of hydrogen-bond acceptors (Lipinski definition) is 5. The molecule has 0 aliphatic carbocycles. The van der Waals surface area contributed by atoms with Crippen LogP contribution in [-0.4, -0.2) is 56.1 Å². The Labute approximate surface area is 176 Å². The molecule has 30 heavy (non-hydrogen) atoms. The Bertz CT molecular complexity index is 1050. The number of benzene rings is 2. The highest BCUT2D eigenvalue weighted by molar-refractivity contribution is 7.89. The lowest BCUT2D eigenvalue weighted by Gasteiger charge is -2.34. The van der Waals surface area contributed by atoms with E-state index in [9.17, 15) is 18.0 Å². The van der Waals surface area contributed by atoms with Crippen molar-refractivity contribution in [3.8, 4) is 0 Å². The molecule has 0 radical (unpaired) electrons. The molecule has 0 saturated heterocycles. The van der Waals surface area contributed by atoms with Crippen molar-refractivity contribution in [1.29, 1.82) is 0 Å². The third-order valence-corrected chi connectivity index (χ3v) is 7.14. The zero-order chi connectivity index (χ0) is 21.9. The summed E-state index contributed by atoms with van der Waals surface area (Å²) in [6, 6.07) is 13.8. The van der Waals surface area contributed by atoms with Gasteiger partial charge in [0.15, 0.2) is 0 Å². The molecule has 0 unspecified atom stereocenters. The number of amides is 2. The van der Waals surface area contributed by atoms with Gasteiger partial charge in [-0.25, -0.2) is 12.7 Å². The van der Waals surface area contributed by atoms with Crippen molar-refractivity contribution in [2.24, 2.45) is 5.73 Å². The molecule has 0 saturated carbocycles. The maximum atomic E-state index is 12.6. The lowest BCUT2D eigenvalue weighted by Crippen LogP contribution is -2.51. The Kier molecular flexibility index (Phi) is 6.55. The number of rotatable bonds is 7. The van der Waals surface area contributed by atoms with E-state index in [0.29, 0.717) is 18.5 Å². The second-order valence-electron chi connectivity index (χ2n) is 7.47. The number of hydrogen-bond donors (Lipinski definition) is 2. The summed E-state index contributed by atoms with van der Waals surface area (Å²) in [7, 11) is -0.703. The molecule has 9 heteroatoms. The molecule has 2 amide bonds. The van der Waals surface area contributed by atoms with Crippen LogP contribution >= 0.6 is 0 Å². The summed E-state index contributed by atoms with van der Waals surface area (Å²) >= 11 is 0. The molecule has 1 heterocycles. The Morgan fingerprint density at radius 1 is 1.10 bits per heavy atom. The van der Waals surface area contributed by atoms with E-state index in [-0.39, 0.29) is 23.9 Å². The zero-order valence-electron chi connectivity index (χ0n) is 17.0. The highest BCUT2D eigenvalue weighted by Gasteiger charge is 2.31. The summed E-state index contributed by atoms with van der Waals surface area (Å²) in [5.74, 6) is -0.780. The number of carbonyl (C=O) groups excluding carboxylic acids is 2. The number of carbonyl (C=O) groups is 2. The number of nitrogens with one attached hydrogen (secondary N) is 1. The van der Waals surface area contributed by atoms with Gasteiger partial charge in [-0.3, -0.25) is 14.5 Å². The normalized spacial score (nSPS) is 16.8. The standard InChI is InChI=1S/C21H26N4O4S/c1-24(2)30(28,29)19-10-6-5-8-16(19)12-23-20(26)14-25-13-17-9-4-3-7-15(17)11-18(25)21(22)27/h3-10,18H,11-14H2,1-2H3,(H2,22,27)(H,23,26)/t18-/m0/s1. The summed E-state index contributed by atoms with van der Waals surface area (Å²) in [4.78, 5) is 26.4. The van der Waals surface area contributed by atoms with E-state index >= 15 is 0 Å². The molecule has 160 valence electrons. The van der Waals surface area contributed by atoms with Crippen LogP contribution in [0.25, 0.3) is 0 Å². The molecule has 0 fully saturated rings. The molecule has 0 spiro atoms. The first kappa shape index (κ1) is 21.9. The topological polar surface area (TPSA) is 113 Å². The van der Waals surface area contributed by atoms with Gasteiger partial charge in [-0.1, -0.05) is 42.5 Å². The quantitative estimate of drug-likeness (QED) is 0.663. The molecule has 1 aliphatic rings. The van der Waals surface area contributed by atoms with Crippen molar-refractivity contribution < 1.29 is 18.0 Å². The Morgan fingerprint density at radius 2 is 1.73 bits per heavy atom. The molecular formula is C21H26N4O4S. The Hall–Kier alpha value is -2.75. The van der Waals surface area contributed by atoms with Gasteiger partial charge in [-0.15, -0.1) is 0 Å². The van der Waals surface area contributed by atoms with Gasteiger partial charge in [0.1, 0.15) is 0 Å². The van der Waals surface area contributed by atoms with E-state index in [1.807, 2.05) is 24.3 Å². The summed E-state index contributed by atoms with van der Waals surface area (Å²) < 4.78 is 26.1. The first-order chi connectivity index (χ1) is 14.2. The van der Waals surface area contributed by atoms with E-state index in [4.69, 9.17) is 5.73 Å². The largest absolute Gasteiger partial charge is 0.368 e. The van der Waals surface area contributed by atoms with Crippen LogP contribution in [0.2, 0.25) is 0 Å². The van der Waals surface area contributed by atoms with Crippen molar-refractivity contribution in [3.05, 3.63) is 65.2 Å². The molecular weight excluding hydrogens is 404 g/mol. The molecule has 1 atom stereocenters. The van der Waals surface area contributed by atoms with Crippen molar-refractivity contribution in [2.75, 3.05) is 20.6 Å². The minimum absolute atomic E-state index is 0.00939. The lowest BCUT2D eigenvalue weighted by atomic mass is 9.93. The van der Waals surface area contributed by atoms with Gasteiger partial charge in [-0.05, 0) is 29.2 Å². The SMILES string of the molecule is CN(C)S(=O)(=O)c1ccccc1CNC(=O)CN1Cc2ccccc2C[C@H]1C(N)=O. The Morgan fingerprint density at radius 3 is 2.40 bits per heavy atom. The maximum Gasteiger partial charge on any atom is 0.242 e. The smallest absolute Gasteiger partial charge is 0.242 e. The number of nitrogens with zero attached hydrogens (tertiary/aromatic N) is 2. The molecule has 2 aromatic carbocycles. The summed E-state index contributed by atoms with van der Waals surface area (Å²) in [6.45, 7) is 0.501. The monoisotopic (exact) mass is 430 g/mol. The lowest BCUT2D eigenvalue weighted by molar-refractivity contribution is -0.127. The number of sulfonamides is 1. The third kappa shape index (κ3) is 4.69. The van der Waals surface area contributed by atoms with E-state index in [0.717, 1.165) is 15.4 Å². The average Bonchev–Trinajstić information content (AvgIpc) is 2.71. The Balaban J connectivity index is 1.70. The van der Waals surface area contributed by atoms with Crippen molar-refractivity contribution in [3.63, 3.8) is 0 Å². The molecule has 8 nitrogen and oxygen atoms in total. The fourth-order valence-electron chi connectivity index (χ4n) is 3.56. The fraction of sp³-hybridized carbons (Fsp3) is 0.333. The van der Waals surface area contributed by atoms with Crippen LogP contribution in [0.1, 0.15) is 16.7 Å². The summed E-state index contributed by atoms with van der Waals surface area (Å²) in [6.07, 6.45) is 0.461. The van der Waals surface area contributed by atoms with Gasteiger partial charge in [0.25, 0.3) is 0 Å². The van der Waals surface area contributed by atoms with E-state index in [2.05, 4.69) is 5.32 Å². The number of primary amides is 1. The molecule has 2 aromatic rings. The highest BCUT2D eigenvalue weighted by atomic mass is 32.2. The van der Waals surface area contributed by atoms with Crippen LogP contribution in [0.5, 0.6) is 0 Å². The van der Waals surface area contributed by atoms with Crippen molar-refractivity contribution in [2.45, 2.75) is 30.4 Å².